The van der Waals surface area contributed by atoms with Crippen LogP contribution in [-0.2, 0) is 17.8 Å². The fraction of sp³-hybridized carbons (Fsp3) is 0.292. The van der Waals surface area contributed by atoms with Crippen molar-refractivity contribution >= 4 is 17.3 Å². The van der Waals surface area contributed by atoms with E-state index in [0.717, 1.165) is 28.8 Å². The Balaban J connectivity index is 1.55. The van der Waals surface area contributed by atoms with E-state index in [9.17, 15) is 9.18 Å². The van der Waals surface area contributed by atoms with Crippen LogP contribution in [-0.4, -0.2) is 18.2 Å². The average molecular weight is 427 g/mol. The summed E-state index contributed by atoms with van der Waals surface area (Å²) in [7, 11) is 1.58. The van der Waals surface area contributed by atoms with Crippen LogP contribution in [0.3, 0.4) is 0 Å². The Kier molecular flexibility index (Phi) is 6.04. The molecule has 2 aromatic carbocycles. The Morgan fingerprint density at radius 3 is 2.77 bits per heavy atom. The van der Waals surface area contributed by atoms with Crippen molar-refractivity contribution in [1.82, 2.24) is 0 Å². The molecule has 1 saturated carbocycles. The molecule has 6 heteroatoms. The fourth-order valence-electron chi connectivity index (χ4n) is 3.55. The van der Waals surface area contributed by atoms with Gasteiger partial charge in [0.2, 0.25) is 0 Å². The van der Waals surface area contributed by atoms with Crippen LogP contribution in [0, 0.1) is 5.82 Å². The number of rotatable bonds is 9. The van der Waals surface area contributed by atoms with E-state index in [0.29, 0.717) is 36.0 Å². The summed E-state index contributed by atoms with van der Waals surface area (Å²) in [5.41, 5.74) is 3.76. The average Bonchev–Trinajstić information content (AvgIpc) is 3.50. The number of benzene rings is 2. The molecular formula is C24H23FO4S. The Morgan fingerprint density at radius 1 is 1.20 bits per heavy atom. The maximum atomic E-state index is 14.6. The minimum absolute atomic E-state index is 0.0925. The molecule has 0 spiro atoms. The van der Waals surface area contributed by atoms with Crippen LogP contribution in [0.5, 0.6) is 11.5 Å². The first kappa shape index (κ1) is 20.4. The van der Waals surface area contributed by atoms with Gasteiger partial charge in [-0.25, -0.2) is 4.39 Å². The summed E-state index contributed by atoms with van der Waals surface area (Å²) >= 11 is 1.54. The molecule has 1 aliphatic rings. The van der Waals surface area contributed by atoms with Gasteiger partial charge in [-0.2, -0.15) is 0 Å². The molecule has 0 amide bonds. The maximum absolute atomic E-state index is 14.6. The summed E-state index contributed by atoms with van der Waals surface area (Å²) < 4.78 is 25.9. The molecule has 4 rings (SSSR count). The van der Waals surface area contributed by atoms with Gasteiger partial charge < -0.3 is 14.6 Å². The highest BCUT2D eigenvalue weighted by Gasteiger charge is 2.31. The zero-order valence-corrected chi connectivity index (χ0v) is 17.5. The maximum Gasteiger partial charge on any atom is 0.303 e. The van der Waals surface area contributed by atoms with Gasteiger partial charge >= 0.3 is 5.97 Å². The van der Waals surface area contributed by atoms with E-state index in [4.69, 9.17) is 14.6 Å². The molecule has 1 fully saturated rings. The number of carboxylic acids is 1. The summed E-state index contributed by atoms with van der Waals surface area (Å²) in [4.78, 5) is 11.7. The number of hydrogen-bond donors (Lipinski definition) is 1. The van der Waals surface area contributed by atoms with Gasteiger partial charge in [-0.15, -0.1) is 11.3 Å². The Morgan fingerprint density at radius 2 is 2.03 bits per heavy atom. The Hall–Kier alpha value is -2.86. The zero-order chi connectivity index (χ0) is 21.1. The number of carboxylic acid groups (broad SMARTS) is 1. The molecule has 0 unspecified atom stereocenters. The van der Waals surface area contributed by atoms with Crippen LogP contribution in [0.25, 0.3) is 10.4 Å². The van der Waals surface area contributed by atoms with Crippen molar-refractivity contribution in [3.05, 3.63) is 70.4 Å². The summed E-state index contributed by atoms with van der Waals surface area (Å²) in [6.07, 6.45) is 2.77. The summed E-state index contributed by atoms with van der Waals surface area (Å²) in [6, 6.07) is 12.4. The standard InChI is InChI=1S/C24H23FO4S/c1-28-18-8-9-21(25)20(12-18)24-23(16-6-7-16)17(14-30-24)13-29-19-4-2-3-15(11-19)5-10-22(26)27/h2-4,8-9,11-12,14,16H,5-7,10,13H2,1H3,(H,26,27). The molecule has 0 radical (unpaired) electrons. The van der Waals surface area contributed by atoms with Crippen molar-refractivity contribution in [3.63, 3.8) is 0 Å². The fourth-order valence-corrected chi connectivity index (χ4v) is 4.71. The first-order valence-corrected chi connectivity index (χ1v) is 10.8. The topological polar surface area (TPSA) is 55.8 Å². The SMILES string of the molecule is COc1ccc(F)c(-c2scc(COc3cccc(CCC(=O)O)c3)c2C2CC2)c1. The van der Waals surface area contributed by atoms with Crippen molar-refractivity contribution < 1.29 is 23.8 Å². The van der Waals surface area contributed by atoms with Gasteiger partial charge in [0, 0.05) is 22.4 Å². The smallest absolute Gasteiger partial charge is 0.303 e. The molecule has 1 aromatic heterocycles. The first-order chi connectivity index (χ1) is 14.5. The van der Waals surface area contributed by atoms with Gasteiger partial charge in [0.15, 0.2) is 0 Å². The van der Waals surface area contributed by atoms with Gasteiger partial charge in [-0.05, 0) is 72.0 Å². The molecule has 0 aliphatic heterocycles. The van der Waals surface area contributed by atoms with E-state index >= 15 is 0 Å². The minimum Gasteiger partial charge on any atom is -0.497 e. The lowest BCUT2D eigenvalue weighted by molar-refractivity contribution is -0.136. The van der Waals surface area contributed by atoms with Gasteiger partial charge in [0.1, 0.15) is 23.9 Å². The summed E-state index contributed by atoms with van der Waals surface area (Å²) in [6.45, 7) is 0.399. The van der Waals surface area contributed by atoms with Crippen LogP contribution < -0.4 is 9.47 Å². The van der Waals surface area contributed by atoms with Crippen LogP contribution in [0.1, 0.15) is 41.9 Å². The molecule has 1 heterocycles. The van der Waals surface area contributed by atoms with Crippen molar-refractivity contribution in [2.45, 2.75) is 38.2 Å². The molecule has 156 valence electrons. The predicted molar refractivity (Wildman–Crippen MR) is 115 cm³/mol. The molecule has 1 aliphatic carbocycles. The summed E-state index contributed by atoms with van der Waals surface area (Å²) in [5, 5.41) is 10.9. The number of methoxy groups -OCH3 is 1. The number of aryl methyl sites for hydroxylation is 1. The van der Waals surface area contributed by atoms with E-state index in [-0.39, 0.29) is 12.2 Å². The second-order valence-electron chi connectivity index (χ2n) is 7.45. The van der Waals surface area contributed by atoms with Crippen molar-refractivity contribution in [3.8, 4) is 21.9 Å². The number of halogens is 1. The number of hydrogen-bond acceptors (Lipinski definition) is 4. The van der Waals surface area contributed by atoms with Gasteiger partial charge in [-0.3, -0.25) is 4.79 Å². The zero-order valence-electron chi connectivity index (χ0n) is 16.7. The van der Waals surface area contributed by atoms with Crippen LogP contribution in [0.4, 0.5) is 4.39 Å². The van der Waals surface area contributed by atoms with E-state index in [1.54, 1.807) is 19.2 Å². The minimum atomic E-state index is -0.814. The molecule has 0 saturated heterocycles. The third-order valence-corrected chi connectivity index (χ3v) is 6.31. The van der Waals surface area contributed by atoms with E-state index in [2.05, 4.69) is 5.38 Å². The highest BCUT2D eigenvalue weighted by atomic mass is 32.1. The van der Waals surface area contributed by atoms with Crippen molar-refractivity contribution in [1.29, 1.82) is 0 Å². The normalized spacial score (nSPS) is 13.3. The largest absolute Gasteiger partial charge is 0.497 e. The molecule has 30 heavy (non-hydrogen) atoms. The second kappa shape index (κ2) is 8.88. The molecular weight excluding hydrogens is 403 g/mol. The lowest BCUT2D eigenvalue weighted by Gasteiger charge is -2.11. The van der Waals surface area contributed by atoms with Gasteiger partial charge in [0.25, 0.3) is 0 Å². The molecule has 4 nitrogen and oxygen atoms in total. The lowest BCUT2D eigenvalue weighted by atomic mass is 10.0. The first-order valence-electron chi connectivity index (χ1n) is 9.93. The third-order valence-electron chi connectivity index (χ3n) is 5.23. The molecule has 0 atom stereocenters. The number of ether oxygens (including phenoxy) is 2. The van der Waals surface area contributed by atoms with Crippen LogP contribution in [0.15, 0.2) is 47.8 Å². The van der Waals surface area contributed by atoms with E-state index in [1.165, 1.54) is 23.0 Å². The van der Waals surface area contributed by atoms with Crippen LogP contribution >= 0.6 is 11.3 Å². The second-order valence-corrected chi connectivity index (χ2v) is 8.33. The van der Waals surface area contributed by atoms with Crippen molar-refractivity contribution in [2.75, 3.05) is 7.11 Å². The molecule has 1 N–H and O–H groups in total. The monoisotopic (exact) mass is 426 g/mol. The highest BCUT2D eigenvalue weighted by molar-refractivity contribution is 7.14. The number of thiophene rings is 1. The lowest BCUT2D eigenvalue weighted by Crippen LogP contribution is -2.00. The van der Waals surface area contributed by atoms with Gasteiger partial charge in [-0.1, -0.05) is 12.1 Å². The third kappa shape index (κ3) is 4.65. The van der Waals surface area contributed by atoms with Crippen LogP contribution in [0.2, 0.25) is 0 Å². The predicted octanol–water partition coefficient (Wildman–Crippen LogP) is 6.04. The quantitative estimate of drug-likeness (QED) is 0.453. The number of carbonyl (C=O) groups is 1. The number of aliphatic carboxylic acids is 1. The molecule has 0 bridgehead atoms. The van der Waals surface area contributed by atoms with E-state index < -0.39 is 5.97 Å². The highest BCUT2D eigenvalue weighted by Crippen LogP contribution is 2.49. The Labute approximate surface area is 178 Å². The van der Waals surface area contributed by atoms with Gasteiger partial charge in [0.05, 0.1) is 7.11 Å². The molecule has 3 aromatic rings. The Bertz CT molecular complexity index is 1060. The summed E-state index contributed by atoms with van der Waals surface area (Å²) in [5.74, 6) is 0.721. The van der Waals surface area contributed by atoms with Crippen molar-refractivity contribution in [2.24, 2.45) is 0 Å². The van der Waals surface area contributed by atoms with E-state index in [1.807, 2.05) is 24.3 Å².